The van der Waals surface area contributed by atoms with Gasteiger partial charge in [-0.3, -0.25) is 5.10 Å². The molecule has 0 amide bonds. The number of aromatic amines is 1. The van der Waals surface area contributed by atoms with Gasteiger partial charge in [-0.2, -0.15) is 5.10 Å². The summed E-state index contributed by atoms with van der Waals surface area (Å²) in [5.41, 5.74) is 2.99. The van der Waals surface area contributed by atoms with Crippen LogP contribution in [-0.4, -0.2) is 21.7 Å². The number of fused-ring (bicyclic) bond motifs is 1. The lowest BCUT2D eigenvalue weighted by Gasteiger charge is -2.28. The summed E-state index contributed by atoms with van der Waals surface area (Å²) in [7, 11) is 0. The number of nitrogens with one attached hydrogen (secondary N) is 2. The summed E-state index contributed by atoms with van der Waals surface area (Å²) in [5, 5.41) is 11.3. The van der Waals surface area contributed by atoms with E-state index < -0.39 is 0 Å². The van der Waals surface area contributed by atoms with Gasteiger partial charge in [-0.25, -0.2) is 4.98 Å². The van der Waals surface area contributed by atoms with Gasteiger partial charge in [-0.15, -0.1) is 0 Å². The smallest absolute Gasteiger partial charge is 0.137 e. The van der Waals surface area contributed by atoms with Crippen molar-refractivity contribution in [2.24, 2.45) is 5.41 Å². The second-order valence-corrected chi connectivity index (χ2v) is 6.87. The molecule has 0 spiro atoms. The number of aromatic nitrogens is 3. The molecule has 0 saturated carbocycles. The molecule has 0 saturated heterocycles. The molecule has 4 nitrogen and oxygen atoms in total. The number of nitrogens with zero attached hydrogens (tertiary/aromatic N) is 2. The van der Waals surface area contributed by atoms with Crippen molar-refractivity contribution >= 4 is 11.6 Å². The minimum absolute atomic E-state index is 0.221. The van der Waals surface area contributed by atoms with Crippen molar-refractivity contribution in [3.05, 3.63) is 46.5 Å². The Morgan fingerprint density at radius 1 is 1.43 bits per heavy atom. The molecule has 0 aliphatic heterocycles. The summed E-state index contributed by atoms with van der Waals surface area (Å²) in [6, 6.07) is 6.62. The van der Waals surface area contributed by atoms with Crippen LogP contribution in [0.1, 0.15) is 43.3 Å². The predicted molar refractivity (Wildman–Crippen MR) is 84.4 cm³/mol. The highest BCUT2D eigenvalue weighted by Crippen LogP contribution is 2.45. The third-order valence-electron chi connectivity index (χ3n) is 4.25. The van der Waals surface area contributed by atoms with Gasteiger partial charge in [0.25, 0.3) is 0 Å². The molecule has 1 aliphatic carbocycles. The lowest BCUT2D eigenvalue weighted by Crippen LogP contribution is -2.32. The minimum Gasteiger partial charge on any atom is -0.309 e. The molecule has 1 heterocycles. The van der Waals surface area contributed by atoms with Gasteiger partial charge < -0.3 is 5.32 Å². The van der Waals surface area contributed by atoms with Crippen molar-refractivity contribution in [1.82, 2.24) is 20.5 Å². The van der Waals surface area contributed by atoms with Crippen molar-refractivity contribution in [3.63, 3.8) is 0 Å². The van der Waals surface area contributed by atoms with Crippen LogP contribution >= 0.6 is 11.6 Å². The van der Waals surface area contributed by atoms with E-state index in [-0.39, 0.29) is 5.41 Å². The van der Waals surface area contributed by atoms with Gasteiger partial charge in [0, 0.05) is 17.5 Å². The molecule has 1 atom stereocenters. The average molecular weight is 305 g/mol. The van der Waals surface area contributed by atoms with Crippen LogP contribution in [0.4, 0.5) is 0 Å². The SMILES string of the molecule is CC1(C)Cc2ccc(Cl)cc2C1NCCCc1ncn[nH]1. The third-order valence-corrected chi connectivity index (χ3v) is 4.49. The Morgan fingerprint density at radius 3 is 3.05 bits per heavy atom. The molecule has 1 aromatic carbocycles. The van der Waals surface area contributed by atoms with E-state index in [2.05, 4.69) is 46.5 Å². The standard InChI is InChI=1S/C16H21ClN4/c1-16(2)9-11-5-6-12(17)8-13(11)15(16)18-7-3-4-14-19-10-20-21-14/h5-6,8,10,15,18H,3-4,7,9H2,1-2H3,(H,19,20,21). The number of hydrogen-bond acceptors (Lipinski definition) is 3. The molecule has 2 N–H and O–H groups in total. The molecule has 5 heteroatoms. The van der Waals surface area contributed by atoms with E-state index in [1.807, 2.05) is 6.07 Å². The van der Waals surface area contributed by atoms with E-state index in [9.17, 15) is 0 Å². The van der Waals surface area contributed by atoms with E-state index in [0.717, 1.165) is 36.7 Å². The van der Waals surface area contributed by atoms with Crippen LogP contribution in [0.3, 0.4) is 0 Å². The Labute approximate surface area is 130 Å². The number of H-pyrrole nitrogens is 1. The Morgan fingerprint density at radius 2 is 2.29 bits per heavy atom. The van der Waals surface area contributed by atoms with Crippen LogP contribution in [-0.2, 0) is 12.8 Å². The highest BCUT2D eigenvalue weighted by atomic mass is 35.5. The summed E-state index contributed by atoms with van der Waals surface area (Å²) in [6.45, 7) is 5.59. The summed E-state index contributed by atoms with van der Waals surface area (Å²) >= 11 is 6.16. The summed E-state index contributed by atoms with van der Waals surface area (Å²) in [6.07, 6.45) is 4.61. The van der Waals surface area contributed by atoms with Crippen LogP contribution in [0.15, 0.2) is 24.5 Å². The Kier molecular flexibility index (Phi) is 4.00. The van der Waals surface area contributed by atoms with Crippen molar-refractivity contribution < 1.29 is 0 Å². The molecular weight excluding hydrogens is 284 g/mol. The van der Waals surface area contributed by atoms with Gasteiger partial charge in [0.1, 0.15) is 12.2 Å². The van der Waals surface area contributed by atoms with Crippen LogP contribution in [0.5, 0.6) is 0 Å². The predicted octanol–water partition coefficient (Wildman–Crippen LogP) is 3.30. The van der Waals surface area contributed by atoms with Gasteiger partial charge in [0.15, 0.2) is 0 Å². The normalized spacial score (nSPS) is 19.7. The molecule has 0 bridgehead atoms. The van der Waals surface area contributed by atoms with E-state index in [1.54, 1.807) is 6.33 Å². The number of rotatable bonds is 5. The van der Waals surface area contributed by atoms with Gasteiger partial charge in [-0.1, -0.05) is 31.5 Å². The van der Waals surface area contributed by atoms with Crippen LogP contribution in [0.2, 0.25) is 5.02 Å². The Bertz CT molecular complexity index is 607. The monoisotopic (exact) mass is 304 g/mol. The first-order valence-corrected chi connectivity index (χ1v) is 7.80. The molecule has 0 fully saturated rings. The zero-order chi connectivity index (χ0) is 14.9. The van der Waals surface area contributed by atoms with Crippen molar-refractivity contribution in [3.8, 4) is 0 Å². The first-order valence-electron chi connectivity index (χ1n) is 7.42. The van der Waals surface area contributed by atoms with Crippen LogP contribution in [0.25, 0.3) is 0 Å². The number of aryl methyl sites for hydroxylation is 1. The van der Waals surface area contributed by atoms with Gasteiger partial charge in [0.05, 0.1) is 0 Å². The maximum Gasteiger partial charge on any atom is 0.137 e. The van der Waals surface area contributed by atoms with Crippen molar-refractivity contribution in [2.45, 2.75) is 39.2 Å². The zero-order valence-electron chi connectivity index (χ0n) is 12.5. The average Bonchev–Trinajstić information content (AvgIpc) is 3.01. The van der Waals surface area contributed by atoms with E-state index in [0.29, 0.717) is 6.04 Å². The molecule has 21 heavy (non-hydrogen) atoms. The lowest BCUT2D eigenvalue weighted by atomic mass is 9.85. The maximum atomic E-state index is 6.16. The fraction of sp³-hybridized carbons (Fsp3) is 0.500. The second-order valence-electron chi connectivity index (χ2n) is 6.43. The number of hydrogen-bond donors (Lipinski definition) is 2. The quantitative estimate of drug-likeness (QED) is 0.833. The largest absolute Gasteiger partial charge is 0.309 e. The van der Waals surface area contributed by atoms with Crippen molar-refractivity contribution in [1.29, 1.82) is 0 Å². The molecule has 1 aromatic heterocycles. The molecule has 2 aromatic rings. The Balaban J connectivity index is 1.63. The number of benzene rings is 1. The minimum atomic E-state index is 0.221. The summed E-state index contributed by atoms with van der Waals surface area (Å²) in [5.74, 6) is 0.950. The first kappa shape index (κ1) is 14.5. The van der Waals surface area contributed by atoms with Crippen LogP contribution in [0, 0.1) is 5.41 Å². The highest BCUT2D eigenvalue weighted by Gasteiger charge is 2.38. The molecule has 1 unspecified atom stereocenters. The Hall–Kier alpha value is -1.39. The van der Waals surface area contributed by atoms with Gasteiger partial charge in [-0.05, 0) is 48.1 Å². The van der Waals surface area contributed by atoms with Crippen molar-refractivity contribution in [2.75, 3.05) is 6.54 Å². The number of halogens is 1. The third kappa shape index (κ3) is 3.11. The highest BCUT2D eigenvalue weighted by molar-refractivity contribution is 6.30. The fourth-order valence-electron chi connectivity index (χ4n) is 3.25. The molecule has 3 rings (SSSR count). The topological polar surface area (TPSA) is 53.6 Å². The van der Waals surface area contributed by atoms with E-state index in [1.165, 1.54) is 11.1 Å². The zero-order valence-corrected chi connectivity index (χ0v) is 13.2. The second kappa shape index (κ2) is 5.78. The fourth-order valence-corrected chi connectivity index (χ4v) is 3.43. The van der Waals surface area contributed by atoms with Gasteiger partial charge in [0.2, 0.25) is 0 Å². The van der Waals surface area contributed by atoms with Gasteiger partial charge >= 0.3 is 0 Å². The molecule has 1 aliphatic rings. The summed E-state index contributed by atoms with van der Waals surface area (Å²) in [4.78, 5) is 4.15. The van der Waals surface area contributed by atoms with E-state index in [4.69, 9.17) is 11.6 Å². The lowest BCUT2D eigenvalue weighted by molar-refractivity contribution is 0.269. The molecule has 112 valence electrons. The first-order chi connectivity index (χ1) is 10.1. The van der Waals surface area contributed by atoms with Crippen LogP contribution < -0.4 is 5.32 Å². The summed E-state index contributed by atoms with van der Waals surface area (Å²) < 4.78 is 0. The maximum absolute atomic E-state index is 6.16. The van der Waals surface area contributed by atoms with E-state index >= 15 is 0 Å². The molecule has 0 radical (unpaired) electrons. The molecular formula is C16H21ClN4.